The molecule has 1 aromatic carbocycles. The predicted octanol–water partition coefficient (Wildman–Crippen LogP) is 5.61. The van der Waals surface area contributed by atoms with Crippen LogP contribution in [0, 0.1) is 13.8 Å². The van der Waals surface area contributed by atoms with Gasteiger partial charge in [-0.2, -0.15) is 13.2 Å². The van der Waals surface area contributed by atoms with Gasteiger partial charge in [-0.05, 0) is 49.7 Å². The lowest BCUT2D eigenvalue weighted by Crippen LogP contribution is -2.29. The molecule has 206 valence electrons. The quantitative estimate of drug-likeness (QED) is 0.218. The molecule has 0 atom stereocenters. The van der Waals surface area contributed by atoms with Gasteiger partial charge in [0.1, 0.15) is 23.4 Å². The van der Waals surface area contributed by atoms with Crippen molar-refractivity contribution in [2.24, 2.45) is 0 Å². The first kappa shape index (κ1) is 28.7. The molecule has 0 spiro atoms. The first-order valence-corrected chi connectivity index (χ1v) is 12.9. The Labute approximate surface area is 231 Å². The van der Waals surface area contributed by atoms with Crippen molar-refractivity contribution < 1.29 is 17.9 Å². The molecular weight excluding hydrogens is 516 g/mol. The molecule has 0 aliphatic heterocycles. The molecule has 3 heterocycles. The van der Waals surface area contributed by atoms with Gasteiger partial charge in [0.25, 0.3) is 5.56 Å². The number of allylic oxidation sites excluding steroid dienone is 2. The normalized spacial score (nSPS) is 12.2. The van der Waals surface area contributed by atoms with Gasteiger partial charge >= 0.3 is 6.18 Å². The monoisotopic (exact) mass is 546 g/mol. The molecule has 0 fully saturated rings. The topological polar surface area (TPSA) is 69.0 Å². The molecule has 0 aliphatic rings. The third-order valence-electron chi connectivity index (χ3n) is 6.80. The highest BCUT2D eigenvalue weighted by Gasteiger charge is 2.34. The molecule has 0 bridgehead atoms. The highest BCUT2D eigenvalue weighted by Crippen LogP contribution is 2.32. The number of nitrogens with one attached hydrogen (secondary N) is 1. The summed E-state index contributed by atoms with van der Waals surface area (Å²) >= 11 is 0. The van der Waals surface area contributed by atoms with Crippen LogP contribution < -0.4 is 15.6 Å². The standard InChI is InChI=1S/C30H30BF3N4O2/c1-6-24(31-4)27(35-5)21-15-19(3)37-28-20(21)9-7-11-26(28)40-17-22-18(2)12-13-36-25(22)16-38-14-8-10-23(29(38)39)30(32,33)34/h6-15,31,35H,1,16-17H2,2-5H3/b27-24+. The van der Waals surface area contributed by atoms with Crippen LogP contribution in [0.25, 0.3) is 16.6 Å². The Morgan fingerprint density at radius 1 is 1.20 bits per heavy atom. The molecule has 0 radical (unpaired) electrons. The fourth-order valence-electron chi connectivity index (χ4n) is 4.73. The van der Waals surface area contributed by atoms with Gasteiger partial charge < -0.3 is 14.6 Å². The summed E-state index contributed by atoms with van der Waals surface area (Å²) in [6, 6.07) is 11.5. The van der Waals surface area contributed by atoms with Gasteiger partial charge in [0, 0.05) is 47.3 Å². The Hall–Kier alpha value is -4.34. The largest absolute Gasteiger partial charge is 0.487 e. The van der Waals surface area contributed by atoms with Gasteiger partial charge in [0.15, 0.2) is 7.28 Å². The summed E-state index contributed by atoms with van der Waals surface area (Å²) in [6.07, 6.45) is -0.00314. The maximum atomic E-state index is 13.3. The number of alkyl halides is 3. The molecule has 0 aliphatic carbocycles. The van der Waals surface area contributed by atoms with Crippen LogP contribution in [0.1, 0.15) is 33.6 Å². The molecule has 0 saturated heterocycles. The van der Waals surface area contributed by atoms with Gasteiger partial charge in [-0.1, -0.05) is 37.1 Å². The molecule has 10 heteroatoms. The fraction of sp³-hybridized carbons (Fsp3) is 0.233. The van der Waals surface area contributed by atoms with Crippen molar-refractivity contribution in [1.82, 2.24) is 19.9 Å². The van der Waals surface area contributed by atoms with Crippen LogP contribution in [0.2, 0.25) is 6.82 Å². The van der Waals surface area contributed by atoms with Crippen LogP contribution in [-0.4, -0.2) is 28.9 Å². The number of ether oxygens (including phenoxy) is 1. The third-order valence-corrected chi connectivity index (χ3v) is 6.80. The van der Waals surface area contributed by atoms with Crippen molar-refractivity contribution in [3.63, 3.8) is 0 Å². The Balaban J connectivity index is 1.73. The van der Waals surface area contributed by atoms with E-state index in [9.17, 15) is 18.0 Å². The molecular formula is C30H30BF3N4O2. The van der Waals surface area contributed by atoms with Crippen LogP contribution in [0.3, 0.4) is 0 Å². The number of aromatic nitrogens is 3. The summed E-state index contributed by atoms with van der Waals surface area (Å²) in [6.45, 7) is 9.78. The Morgan fingerprint density at radius 2 is 1.98 bits per heavy atom. The summed E-state index contributed by atoms with van der Waals surface area (Å²) in [7, 11) is 2.68. The van der Waals surface area contributed by atoms with Crippen LogP contribution in [0.15, 0.2) is 77.8 Å². The van der Waals surface area contributed by atoms with Crippen LogP contribution in [0.5, 0.6) is 5.75 Å². The number of halogens is 3. The van der Waals surface area contributed by atoms with E-state index in [0.29, 0.717) is 22.5 Å². The maximum Gasteiger partial charge on any atom is 0.421 e. The lowest BCUT2D eigenvalue weighted by atomic mass is 9.70. The second-order valence-electron chi connectivity index (χ2n) is 9.37. The Kier molecular flexibility index (Phi) is 8.47. The third kappa shape index (κ3) is 5.80. The molecule has 1 N–H and O–H groups in total. The van der Waals surface area contributed by atoms with Crippen molar-refractivity contribution in [3.05, 3.63) is 117 Å². The molecule has 0 amide bonds. The van der Waals surface area contributed by atoms with E-state index in [1.165, 1.54) is 12.3 Å². The number of aryl methyl sites for hydroxylation is 2. The summed E-state index contributed by atoms with van der Waals surface area (Å²) < 4.78 is 47.2. The summed E-state index contributed by atoms with van der Waals surface area (Å²) in [5, 5.41) is 4.21. The minimum atomic E-state index is -4.74. The second kappa shape index (κ2) is 11.8. The molecule has 4 aromatic rings. The maximum absolute atomic E-state index is 13.3. The van der Waals surface area contributed by atoms with E-state index in [1.807, 2.05) is 51.2 Å². The van der Waals surface area contributed by atoms with Gasteiger partial charge in [-0.3, -0.25) is 9.78 Å². The second-order valence-corrected chi connectivity index (χ2v) is 9.37. The van der Waals surface area contributed by atoms with Gasteiger partial charge in [-0.25, -0.2) is 4.98 Å². The summed E-state index contributed by atoms with van der Waals surface area (Å²) in [5.41, 5.74) is 4.15. The number of hydrogen-bond acceptors (Lipinski definition) is 5. The number of benzene rings is 1. The van der Waals surface area contributed by atoms with E-state index in [-0.39, 0.29) is 13.2 Å². The zero-order valence-electron chi connectivity index (χ0n) is 22.9. The SMILES string of the molecule is C=C/C(BC)=C(\NC)c1cc(C)nc2c(OCc3c(C)ccnc3Cn3cccc(C(F)(F)F)c3=O)cccc12. The van der Waals surface area contributed by atoms with Crippen molar-refractivity contribution in [3.8, 4) is 5.75 Å². The van der Waals surface area contributed by atoms with Crippen LogP contribution in [-0.2, 0) is 19.3 Å². The lowest BCUT2D eigenvalue weighted by Gasteiger charge is -2.18. The molecule has 6 nitrogen and oxygen atoms in total. The Bertz CT molecular complexity index is 1660. The van der Waals surface area contributed by atoms with E-state index in [0.717, 1.165) is 51.3 Å². The first-order chi connectivity index (χ1) is 19.1. The first-order valence-electron chi connectivity index (χ1n) is 12.9. The number of hydrogen-bond donors (Lipinski definition) is 1. The van der Waals surface area contributed by atoms with Crippen molar-refractivity contribution in [2.75, 3.05) is 7.05 Å². The molecule has 0 unspecified atom stereocenters. The van der Waals surface area contributed by atoms with Gasteiger partial charge in [0.2, 0.25) is 0 Å². The van der Waals surface area contributed by atoms with Gasteiger partial charge in [0.05, 0.1) is 12.2 Å². The highest BCUT2D eigenvalue weighted by molar-refractivity contribution is 6.47. The zero-order chi connectivity index (χ0) is 29.0. The van der Waals surface area contributed by atoms with E-state index in [2.05, 4.69) is 23.7 Å². The molecule has 4 rings (SSSR count). The van der Waals surface area contributed by atoms with E-state index in [4.69, 9.17) is 9.72 Å². The predicted molar refractivity (Wildman–Crippen MR) is 154 cm³/mol. The summed E-state index contributed by atoms with van der Waals surface area (Å²) in [5.74, 6) is 0.556. The van der Waals surface area contributed by atoms with Crippen LogP contribution >= 0.6 is 0 Å². The highest BCUT2D eigenvalue weighted by atomic mass is 19.4. The van der Waals surface area contributed by atoms with E-state index < -0.39 is 17.3 Å². The number of pyridine rings is 3. The fourth-order valence-corrected chi connectivity index (χ4v) is 4.73. The van der Waals surface area contributed by atoms with Crippen LogP contribution in [0.4, 0.5) is 13.2 Å². The zero-order valence-corrected chi connectivity index (χ0v) is 22.9. The van der Waals surface area contributed by atoms with Crippen molar-refractivity contribution >= 4 is 23.9 Å². The summed E-state index contributed by atoms with van der Waals surface area (Å²) in [4.78, 5) is 21.7. The number of nitrogens with zero attached hydrogens (tertiary/aromatic N) is 3. The van der Waals surface area contributed by atoms with Crippen molar-refractivity contribution in [1.29, 1.82) is 0 Å². The minimum Gasteiger partial charge on any atom is -0.487 e. The average Bonchev–Trinajstić information content (AvgIpc) is 2.91. The molecule has 0 saturated carbocycles. The smallest absolute Gasteiger partial charge is 0.421 e. The molecule has 40 heavy (non-hydrogen) atoms. The minimum absolute atomic E-state index is 0.0916. The van der Waals surface area contributed by atoms with E-state index in [1.54, 1.807) is 12.3 Å². The van der Waals surface area contributed by atoms with E-state index >= 15 is 0 Å². The molecule has 3 aromatic heterocycles. The average molecular weight is 546 g/mol. The van der Waals surface area contributed by atoms with Gasteiger partial charge in [-0.15, -0.1) is 0 Å². The lowest BCUT2D eigenvalue weighted by molar-refractivity contribution is -0.138. The number of rotatable bonds is 9. The number of para-hydroxylation sites is 1. The number of fused-ring (bicyclic) bond motifs is 1. The Morgan fingerprint density at radius 3 is 2.65 bits per heavy atom. The van der Waals surface area contributed by atoms with Crippen molar-refractivity contribution in [2.45, 2.75) is 40.0 Å².